The van der Waals surface area contributed by atoms with Crippen molar-refractivity contribution >= 4 is 36.4 Å². The quantitative estimate of drug-likeness (QED) is 0.887. The number of nitrogens with zero attached hydrogens (tertiary/aromatic N) is 2. The van der Waals surface area contributed by atoms with E-state index in [0.29, 0.717) is 6.54 Å². The third-order valence-corrected chi connectivity index (χ3v) is 4.35. The molecule has 1 fully saturated rings. The van der Waals surface area contributed by atoms with Crippen LogP contribution in [0.4, 0.5) is 5.69 Å². The fourth-order valence-corrected chi connectivity index (χ4v) is 3.03. The van der Waals surface area contributed by atoms with Gasteiger partial charge in [0.05, 0.1) is 0 Å². The van der Waals surface area contributed by atoms with Crippen molar-refractivity contribution in [2.75, 3.05) is 31.1 Å². The molecule has 1 heterocycles. The van der Waals surface area contributed by atoms with Gasteiger partial charge in [0, 0.05) is 31.9 Å². The first-order valence-electron chi connectivity index (χ1n) is 8.15. The lowest BCUT2D eigenvalue weighted by molar-refractivity contribution is -0.132. The highest BCUT2D eigenvalue weighted by molar-refractivity contribution is 5.85. The lowest BCUT2D eigenvalue weighted by atomic mass is 10.1. The summed E-state index contributed by atoms with van der Waals surface area (Å²) in [7, 11) is 0. The Morgan fingerprint density at radius 1 is 0.840 bits per heavy atom. The van der Waals surface area contributed by atoms with Crippen LogP contribution in [0.5, 0.6) is 0 Å². The number of halogens is 2. The van der Waals surface area contributed by atoms with Crippen molar-refractivity contribution in [1.29, 1.82) is 0 Å². The van der Waals surface area contributed by atoms with Gasteiger partial charge in [0.15, 0.2) is 0 Å². The summed E-state index contributed by atoms with van der Waals surface area (Å²) in [6, 6.07) is 19.4. The number of benzene rings is 2. The van der Waals surface area contributed by atoms with E-state index in [1.165, 1.54) is 5.69 Å². The predicted octanol–water partition coefficient (Wildman–Crippen LogP) is 3.27. The molecule has 0 spiro atoms. The monoisotopic (exact) mass is 381 g/mol. The van der Waals surface area contributed by atoms with Crippen molar-refractivity contribution in [2.24, 2.45) is 5.73 Å². The normalized spacial score (nSPS) is 15.4. The predicted molar refractivity (Wildman–Crippen MR) is 108 cm³/mol. The van der Waals surface area contributed by atoms with E-state index in [0.717, 1.165) is 31.6 Å². The van der Waals surface area contributed by atoms with Crippen LogP contribution in [0.25, 0.3) is 0 Å². The van der Waals surface area contributed by atoms with Crippen molar-refractivity contribution < 1.29 is 4.79 Å². The fourth-order valence-electron chi connectivity index (χ4n) is 3.03. The summed E-state index contributed by atoms with van der Waals surface area (Å²) in [4.78, 5) is 16.9. The van der Waals surface area contributed by atoms with Crippen molar-refractivity contribution in [1.82, 2.24) is 4.90 Å². The van der Waals surface area contributed by atoms with Crippen molar-refractivity contribution in [3.63, 3.8) is 0 Å². The molecule has 6 heteroatoms. The van der Waals surface area contributed by atoms with Crippen LogP contribution >= 0.6 is 24.8 Å². The molecule has 1 atom stereocenters. The standard InChI is InChI=1S/C19H23N3O.2ClH/c20-18(16-8-3-1-4-9-16)19(23)22-13-7-12-21(14-15-22)17-10-5-2-6-11-17;;/h1-6,8-11,18H,7,12-15,20H2;2*1H. The summed E-state index contributed by atoms with van der Waals surface area (Å²) >= 11 is 0. The van der Waals surface area contributed by atoms with E-state index in [9.17, 15) is 4.79 Å². The van der Waals surface area contributed by atoms with Crippen LogP contribution in [0, 0.1) is 0 Å². The van der Waals surface area contributed by atoms with E-state index >= 15 is 0 Å². The number of nitrogens with two attached hydrogens (primary N) is 1. The van der Waals surface area contributed by atoms with Crippen molar-refractivity contribution in [3.8, 4) is 0 Å². The van der Waals surface area contributed by atoms with E-state index < -0.39 is 6.04 Å². The van der Waals surface area contributed by atoms with Crippen LogP contribution in [0.2, 0.25) is 0 Å². The second kappa shape index (κ2) is 10.3. The van der Waals surface area contributed by atoms with Crippen molar-refractivity contribution in [3.05, 3.63) is 66.2 Å². The van der Waals surface area contributed by atoms with E-state index in [4.69, 9.17) is 5.73 Å². The Balaban J connectivity index is 0.00000156. The molecule has 0 bridgehead atoms. The van der Waals surface area contributed by atoms with Gasteiger partial charge in [0.2, 0.25) is 5.91 Å². The topological polar surface area (TPSA) is 49.6 Å². The average Bonchev–Trinajstić information content (AvgIpc) is 2.88. The third-order valence-electron chi connectivity index (χ3n) is 4.35. The van der Waals surface area contributed by atoms with Gasteiger partial charge >= 0.3 is 0 Å². The summed E-state index contributed by atoms with van der Waals surface area (Å²) in [6.45, 7) is 3.29. The number of para-hydroxylation sites is 1. The summed E-state index contributed by atoms with van der Waals surface area (Å²) in [6.07, 6.45) is 0.960. The molecule has 0 aliphatic carbocycles. The molecule has 1 aliphatic heterocycles. The number of amides is 1. The maximum atomic E-state index is 12.7. The molecule has 1 aliphatic rings. The van der Waals surface area contributed by atoms with Crippen molar-refractivity contribution in [2.45, 2.75) is 12.5 Å². The Labute approximate surface area is 161 Å². The molecule has 4 nitrogen and oxygen atoms in total. The highest BCUT2D eigenvalue weighted by atomic mass is 35.5. The molecule has 136 valence electrons. The van der Waals surface area contributed by atoms with Gasteiger partial charge in [-0.3, -0.25) is 4.79 Å². The minimum absolute atomic E-state index is 0. The number of rotatable bonds is 3. The summed E-state index contributed by atoms with van der Waals surface area (Å²) < 4.78 is 0. The first kappa shape index (κ1) is 21.3. The Morgan fingerprint density at radius 2 is 1.44 bits per heavy atom. The van der Waals surface area contributed by atoms with E-state index in [1.54, 1.807) is 0 Å². The average molecular weight is 382 g/mol. The van der Waals surface area contributed by atoms with Gasteiger partial charge in [0.1, 0.15) is 6.04 Å². The van der Waals surface area contributed by atoms with E-state index in [-0.39, 0.29) is 30.7 Å². The minimum Gasteiger partial charge on any atom is -0.370 e. The Kier molecular flexibility index (Phi) is 8.76. The molecule has 1 unspecified atom stereocenters. The summed E-state index contributed by atoms with van der Waals surface area (Å²) in [5.41, 5.74) is 8.25. The molecule has 2 aromatic carbocycles. The van der Waals surface area contributed by atoms with Crippen LogP contribution in [0.15, 0.2) is 60.7 Å². The fraction of sp³-hybridized carbons (Fsp3) is 0.316. The lowest BCUT2D eigenvalue weighted by Gasteiger charge is -2.25. The highest BCUT2D eigenvalue weighted by Gasteiger charge is 2.24. The maximum Gasteiger partial charge on any atom is 0.244 e. The number of carbonyl (C=O) groups is 1. The summed E-state index contributed by atoms with van der Waals surface area (Å²) in [5.74, 6) is 0.0195. The number of carbonyl (C=O) groups excluding carboxylic acids is 1. The zero-order valence-corrected chi connectivity index (χ0v) is 15.7. The Hall–Kier alpha value is -1.75. The second-order valence-electron chi connectivity index (χ2n) is 5.89. The molecule has 25 heavy (non-hydrogen) atoms. The SMILES string of the molecule is Cl.Cl.NC(C(=O)N1CCCN(c2ccccc2)CC1)c1ccccc1. The molecule has 0 radical (unpaired) electrons. The zero-order chi connectivity index (χ0) is 16.1. The molecular formula is C19H25Cl2N3O. The third kappa shape index (κ3) is 5.36. The highest BCUT2D eigenvalue weighted by Crippen LogP contribution is 2.18. The van der Waals surface area contributed by atoms with Crippen LogP contribution in [0.3, 0.4) is 0 Å². The van der Waals surface area contributed by atoms with Gasteiger partial charge in [-0.05, 0) is 24.1 Å². The molecule has 2 aromatic rings. The van der Waals surface area contributed by atoms with Gasteiger partial charge in [-0.1, -0.05) is 48.5 Å². The smallest absolute Gasteiger partial charge is 0.244 e. The zero-order valence-electron chi connectivity index (χ0n) is 14.1. The minimum atomic E-state index is -0.570. The Morgan fingerprint density at radius 3 is 2.08 bits per heavy atom. The molecular weight excluding hydrogens is 357 g/mol. The number of anilines is 1. The first-order valence-corrected chi connectivity index (χ1v) is 8.15. The Bertz CT molecular complexity index is 640. The molecule has 0 saturated carbocycles. The molecule has 0 aromatic heterocycles. The molecule has 1 amide bonds. The molecule has 3 rings (SSSR count). The second-order valence-corrected chi connectivity index (χ2v) is 5.89. The molecule has 1 saturated heterocycles. The van der Waals surface area contributed by atoms with Gasteiger partial charge in [-0.25, -0.2) is 0 Å². The van der Waals surface area contributed by atoms with E-state index in [1.807, 2.05) is 41.3 Å². The van der Waals surface area contributed by atoms with Gasteiger partial charge in [0.25, 0.3) is 0 Å². The van der Waals surface area contributed by atoms with Crippen LogP contribution < -0.4 is 10.6 Å². The summed E-state index contributed by atoms with van der Waals surface area (Å²) in [5, 5.41) is 0. The van der Waals surface area contributed by atoms with Crippen LogP contribution in [-0.2, 0) is 4.79 Å². The number of hydrogen-bond donors (Lipinski definition) is 1. The largest absolute Gasteiger partial charge is 0.370 e. The van der Waals surface area contributed by atoms with Crippen LogP contribution in [0.1, 0.15) is 18.0 Å². The van der Waals surface area contributed by atoms with Gasteiger partial charge < -0.3 is 15.5 Å². The molecule has 2 N–H and O–H groups in total. The van der Waals surface area contributed by atoms with Crippen LogP contribution in [-0.4, -0.2) is 37.0 Å². The van der Waals surface area contributed by atoms with Gasteiger partial charge in [-0.2, -0.15) is 0 Å². The van der Waals surface area contributed by atoms with Gasteiger partial charge in [-0.15, -0.1) is 24.8 Å². The number of hydrogen-bond acceptors (Lipinski definition) is 3. The van der Waals surface area contributed by atoms with E-state index in [2.05, 4.69) is 29.2 Å². The maximum absolute atomic E-state index is 12.7. The first-order chi connectivity index (χ1) is 11.3. The lowest BCUT2D eigenvalue weighted by Crippen LogP contribution is -2.40.